The van der Waals surface area contributed by atoms with Crippen molar-refractivity contribution < 1.29 is 27.4 Å². The highest BCUT2D eigenvalue weighted by atomic mass is 19.1. The van der Waals surface area contributed by atoms with Gasteiger partial charge in [0.05, 0.1) is 5.56 Å². The van der Waals surface area contributed by atoms with Crippen molar-refractivity contribution in [2.24, 2.45) is 7.05 Å². The summed E-state index contributed by atoms with van der Waals surface area (Å²) in [6, 6.07) is 13.1. The van der Waals surface area contributed by atoms with Gasteiger partial charge in [-0.25, -0.2) is 13.6 Å². The van der Waals surface area contributed by atoms with Crippen molar-refractivity contribution in [1.82, 2.24) is 0 Å². The van der Waals surface area contributed by atoms with Crippen LogP contribution in [0.5, 0.6) is 0 Å². The highest BCUT2D eigenvalue weighted by molar-refractivity contribution is 5.85. The standard InChI is InChI=1S/C26H28F2N2O2/c1-4-26(5-2)16-19(17-32-25(31)23-11-6-8-12-29(23)3)30-13-9-7-10-22(30)24-20(26)14-18(27)15-21(24)28/h6-15,19H,4-5,16-17H2,1-3H3/q+2. The van der Waals surface area contributed by atoms with Crippen molar-refractivity contribution >= 4 is 5.97 Å². The topological polar surface area (TPSA) is 34.1 Å². The zero-order valence-electron chi connectivity index (χ0n) is 18.6. The molecule has 0 fully saturated rings. The first-order chi connectivity index (χ1) is 15.4. The molecule has 1 aromatic carbocycles. The van der Waals surface area contributed by atoms with Gasteiger partial charge in [0.15, 0.2) is 25.0 Å². The van der Waals surface area contributed by atoms with E-state index in [0.29, 0.717) is 41.8 Å². The molecule has 0 amide bonds. The molecule has 3 aromatic rings. The fourth-order valence-electron chi connectivity index (χ4n) is 4.94. The average molecular weight is 439 g/mol. The number of benzene rings is 1. The number of aromatic nitrogens is 2. The average Bonchev–Trinajstić information content (AvgIpc) is 2.91. The van der Waals surface area contributed by atoms with Crippen LogP contribution < -0.4 is 9.13 Å². The number of hydrogen-bond acceptors (Lipinski definition) is 2. The van der Waals surface area contributed by atoms with Gasteiger partial charge in [0.1, 0.15) is 18.7 Å². The zero-order valence-corrected chi connectivity index (χ0v) is 18.6. The number of nitrogens with zero attached hydrogens (tertiary/aromatic N) is 2. The Morgan fingerprint density at radius 3 is 2.53 bits per heavy atom. The van der Waals surface area contributed by atoms with Crippen LogP contribution in [-0.2, 0) is 17.2 Å². The molecule has 0 saturated heterocycles. The van der Waals surface area contributed by atoms with Crippen LogP contribution in [0.1, 0.15) is 55.2 Å². The monoisotopic (exact) mass is 438 g/mol. The zero-order chi connectivity index (χ0) is 22.9. The maximum atomic E-state index is 15.2. The van der Waals surface area contributed by atoms with Crippen molar-refractivity contribution in [3.63, 3.8) is 0 Å². The van der Waals surface area contributed by atoms with Gasteiger partial charge in [-0.2, -0.15) is 9.13 Å². The lowest BCUT2D eigenvalue weighted by atomic mass is 9.70. The molecule has 32 heavy (non-hydrogen) atoms. The number of fused-ring (bicyclic) bond motifs is 3. The fraction of sp³-hybridized carbons (Fsp3) is 0.346. The Labute approximate surface area is 187 Å². The Kier molecular flexibility index (Phi) is 6.04. The molecular formula is C26H28F2N2O2+2. The van der Waals surface area contributed by atoms with Crippen molar-refractivity contribution in [2.75, 3.05) is 6.61 Å². The summed E-state index contributed by atoms with van der Waals surface area (Å²) >= 11 is 0. The summed E-state index contributed by atoms with van der Waals surface area (Å²) in [6.07, 6.45) is 5.70. The molecule has 1 atom stereocenters. The largest absolute Gasteiger partial charge is 0.451 e. The summed E-state index contributed by atoms with van der Waals surface area (Å²) in [6.45, 7) is 4.23. The Bertz CT molecular complexity index is 1160. The first-order valence-corrected chi connectivity index (χ1v) is 11.0. The van der Waals surface area contributed by atoms with Gasteiger partial charge in [-0.05, 0) is 36.6 Å². The van der Waals surface area contributed by atoms with E-state index in [-0.39, 0.29) is 12.6 Å². The minimum absolute atomic E-state index is 0.134. The van der Waals surface area contributed by atoms with E-state index in [2.05, 4.69) is 0 Å². The molecule has 0 N–H and O–H groups in total. The number of hydrogen-bond donors (Lipinski definition) is 0. The third kappa shape index (κ3) is 3.78. The smallest absolute Gasteiger partial charge is 0.403 e. The number of esters is 1. The number of rotatable bonds is 5. The normalized spacial score (nSPS) is 16.6. The third-order valence-corrected chi connectivity index (χ3v) is 6.82. The van der Waals surface area contributed by atoms with E-state index >= 15 is 4.39 Å². The molecule has 0 bridgehead atoms. The number of ether oxygens (including phenoxy) is 1. The second-order valence-electron chi connectivity index (χ2n) is 8.44. The molecule has 0 spiro atoms. The van der Waals surface area contributed by atoms with Crippen LogP contribution in [-0.4, -0.2) is 12.6 Å². The molecule has 0 aliphatic carbocycles. The van der Waals surface area contributed by atoms with Crippen molar-refractivity contribution in [3.8, 4) is 11.3 Å². The van der Waals surface area contributed by atoms with E-state index in [1.165, 1.54) is 6.07 Å². The maximum Gasteiger partial charge on any atom is 0.403 e. The summed E-state index contributed by atoms with van der Waals surface area (Å²) in [5, 5.41) is 0. The van der Waals surface area contributed by atoms with E-state index in [4.69, 9.17) is 4.74 Å². The van der Waals surface area contributed by atoms with Crippen LogP contribution in [0.15, 0.2) is 60.9 Å². The van der Waals surface area contributed by atoms with Gasteiger partial charge in [0.2, 0.25) is 5.69 Å². The lowest BCUT2D eigenvalue weighted by Gasteiger charge is -2.33. The van der Waals surface area contributed by atoms with Crippen molar-refractivity contribution in [3.05, 3.63) is 83.8 Å². The first-order valence-electron chi connectivity index (χ1n) is 11.0. The quantitative estimate of drug-likeness (QED) is 0.431. The molecule has 4 nitrogen and oxygen atoms in total. The number of carbonyl (C=O) groups excluding carboxylic acids is 1. The molecule has 0 radical (unpaired) electrons. The lowest BCUT2D eigenvalue weighted by molar-refractivity contribution is -0.715. The van der Waals surface area contributed by atoms with Crippen LogP contribution in [0.2, 0.25) is 0 Å². The van der Waals surface area contributed by atoms with Gasteiger partial charge >= 0.3 is 5.97 Å². The number of halogens is 2. The highest BCUT2D eigenvalue weighted by Gasteiger charge is 2.44. The van der Waals surface area contributed by atoms with Crippen molar-refractivity contribution in [2.45, 2.75) is 44.6 Å². The van der Waals surface area contributed by atoms with Crippen LogP contribution in [0.3, 0.4) is 0 Å². The molecule has 1 aliphatic heterocycles. The van der Waals surface area contributed by atoms with Crippen LogP contribution >= 0.6 is 0 Å². The minimum atomic E-state index is -0.573. The molecular weight excluding hydrogens is 410 g/mol. The maximum absolute atomic E-state index is 15.2. The number of carbonyl (C=O) groups is 1. The van der Waals surface area contributed by atoms with E-state index < -0.39 is 23.0 Å². The molecule has 4 rings (SSSR count). The molecule has 166 valence electrons. The highest BCUT2D eigenvalue weighted by Crippen LogP contribution is 2.46. The van der Waals surface area contributed by atoms with Gasteiger partial charge < -0.3 is 4.74 Å². The minimum Gasteiger partial charge on any atom is -0.451 e. The Hall–Kier alpha value is -3.15. The second kappa shape index (κ2) is 8.77. The van der Waals surface area contributed by atoms with Gasteiger partial charge in [0, 0.05) is 42.2 Å². The van der Waals surface area contributed by atoms with E-state index in [1.807, 2.05) is 48.9 Å². The Morgan fingerprint density at radius 1 is 1.09 bits per heavy atom. The molecule has 1 unspecified atom stereocenters. The summed E-state index contributed by atoms with van der Waals surface area (Å²) in [7, 11) is 1.79. The molecule has 1 aliphatic rings. The predicted molar refractivity (Wildman–Crippen MR) is 116 cm³/mol. The Morgan fingerprint density at radius 2 is 1.81 bits per heavy atom. The predicted octanol–water partition coefficient (Wildman–Crippen LogP) is 4.60. The van der Waals surface area contributed by atoms with Gasteiger partial charge in [0.25, 0.3) is 5.69 Å². The van der Waals surface area contributed by atoms with Crippen LogP contribution in [0.25, 0.3) is 11.3 Å². The third-order valence-electron chi connectivity index (χ3n) is 6.82. The van der Waals surface area contributed by atoms with E-state index in [0.717, 1.165) is 6.07 Å². The van der Waals surface area contributed by atoms with E-state index in [1.54, 1.807) is 29.9 Å². The summed E-state index contributed by atoms with van der Waals surface area (Å²) < 4.78 is 38.9. The molecule has 0 saturated carbocycles. The van der Waals surface area contributed by atoms with Gasteiger partial charge in [-0.3, -0.25) is 0 Å². The summed E-state index contributed by atoms with van der Waals surface area (Å²) in [4.78, 5) is 12.8. The summed E-state index contributed by atoms with van der Waals surface area (Å²) in [5.74, 6) is -1.56. The summed E-state index contributed by atoms with van der Waals surface area (Å²) in [5.41, 5.74) is 1.78. The van der Waals surface area contributed by atoms with Gasteiger partial charge in [-0.15, -0.1) is 0 Å². The Balaban J connectivity index is 1.78. The molecule has 3 heterocycles. The molecule has 2 aromatic heterocycles. The fourth-order valence-corrected chi connectivity index (χ4v) is 4.94. The number of pyridine rings is 2. The van der Waals surface area contributed by atoms with Gasteiger partial charge in [-0.1, -0.05) is 13.8 Å². The van der Waals surface area contributed by atoms with Crippen LogP contribution in [0.4, 0.5) is 8.78 Å². The second-order valence-corrected chi connectivity index (χ2v) is 8.44. The lowest BCUT2D eigenvalue weighted by Crippen LogP contribution is -2.46. The number of aryl methyl sites for hydroxylation is 1. The van der Waals surface area contributed by atoms with E-state index in [9.17, 15) is 9.18 Å². The molecule has 6 heteroatoms. The first kappa shape index (κ1) is 22.1. The SMILES string of the molecule is CCC1(CC)CC(COC(=O)c2cccc[n+]2C)[n+]2ccccc2-c2c(F)cc(F)cc21. The van der Waals surface area contributed by atoms with Crippen molar-refractivity contribution in [1.29, 1.82) is 0 Å². The van der Waals surface area contributed by atoms with Crippen LogP contribution in [0, 0.1) is 11.6 Å².